The number of Topliss-reactive ketones (excluding diaryl/α,β-unsaturated/α-hetero) is 1. The van der Waals surface area contributed by atoms with Crippen LogP contribution >= 0.6 is 0 Å². The van der Waals surface area contributed by atoms with E-state index in [9.17, 15) is 14.7 Å². The minimum absolute atomic E-state index is 0.0408. The summed E-state index contributed by atoms with van der Waals surface area (Å²) in [4.78, 5) is 28.1. The predicted molar refractivity (Wildman–Crippen MR) is 133 cm³/mol. The van der Waals surface area contributed by atoms with Gasteiger partial charge in [0.05, 0.1) is 31.7 Å². The number of ether oxygens (including phenoxy) is 2. The van der Waals surface area contributed by atoms with Crippen molar-refractivity contribution in [3.8, 4) is 11.5 Å². The van der Waals surface area contributed by atoms with Crippen LogP contribution in [0.1, 0.15) is 49.3 Å². The van der Waals surface area contributed by atoms with Gasteiger partial charge in [-0.15, -0.1) is 0 Å². The van der Waals surface area contributed by atoms with Gasteiger partial charge in [0.1, 0.15) is 29.1 Å². The third-order valence-electron chi connectivity index (χ3n) is 6.23. The number of ketones is 1. The first-order valence-corrected chi connectivity index (χ1v) is 11.3. The molecule has 0 radical (unpaired) electrons. The number of hydrogen-bond acceptors (Lipinski definition) is 6. The van der Waals surface area contributed by atoms with Gasteiger partial charge in [-0.1, -0.05) is 32.9 Å². The van der Waals surface area contributed by atoms with Gasteiger partial charge in [0, 0.05) is 23.8 Å². The summed E-state index contributed by atoms with van der Waals surface area (Å²) in [6.07, 6.45) is 1.47. The quantitative estimate of drug-likeness (QED) is 0.297. The first kappa shape index (κ1) is 24.1. The lowest BCUT2D eigenvalue weighted by Gasteiger charge is -2.25. The summed E-state index contributed by atoms with van der Waals surface area (Å²) >= 11 is 0. The van der Waals surface area contributed by atoms with E-state index >= 15 is 0 Å². The van der Waals surface area contributed by atoms with Crippen molar-refractivity contribution in [2.75, 3.05) is 19.1 Å². The Labute approximate surface area is 204 Å². The first-order chi connectivity index (χ1) is 16.6. The van der Waals surface area contributed by atoms with Crippen molar-refractivity contribution in [2.45, 2.75) is 39.2 Å². The van der Waals surface area contributed by atoms with Crippen LogP contribution in [-0.2, 0) is 15.0 Å². The Balaban J connectivity index is 1.96. The van der Waals surface area contributed by atoms with Crippen molar-refractivity contribution in [3.63, 3.8) is 0 Å². The Kier molecular flexibility index (Phi) is 6.19. The summed E-state index contributed by atoms with van der Waals surface area (Å²) < 4.78 is 16.4. The monoisotopic (exact) mass is 475 g/mol. The predicted octanol–water partition coefficient (Wildman–Crippen LogP) is 5.53. The van der Waals surface area contributed by atoms with Crippen LogP contribution in [0.15, 0.2) is 64.8 Å². The smallest absolute Gasteiger partial charge is 0.300 e. The first-order valence-electron chi connectivity index (χ1n) is 11.3. The van der Waals surface area contributed by atoms with Crippen LogP contribution in [0.3, 0.4) is 0 Å². The lowest BCUT2D eigenvalue weighted by Crippen LogP contribution is -2.29. The highest BCUT2D eigenvalue weighted by Crippen LogP contribution is 2.44. The second-order valence-corrected chi connectivity index (χ2v) is 9.54. The zero-order chi connectivity index (χ0) is 25.5. The van der Waals surface area contributed by atoms with Gasteiger partial charge in [-0.05, 0) is 41.7 Å². The van der Waals surface area contributed by atoms with Gasteiger partial charge in [0.2, 0.25) is 0 Å². The number of benzene rings is 2. The van der Waals surface area contributed by atoms with Gasteiger partial charge in [-0.2, -0.15) is 0 Å². The molecule has 1 aromatic heterocycles. The van der Waals surface area contributed by atoms with E-state index in [1.54, 1.807) is 30.3 Å². The number of carbonyl (C=O) groups excluding carboxylic acids is 2. The molecule has 1 N–H and O–H groups in total. The molecule has 182 valence electrons. The molecular formula is C28H29NO6. The largest absolute Gasteiger partial charge is 0.507 e. The fourth-order valence-electron chi connectivity index (χ4n) is 4.24. The highest BCUT2D eigenvalue weighted by atomic mass is 16.5. The average molecular weight is 476 g/mol. The van der Waals surface area contributed by atoms with Crippen molar-refractivity contribution < 1.29 is 28.6 Å². The number of aryl methyl sites for hydroxylation is 1. The maximum absolute atomic E-state index is 13.4. The van der Waals surface area contributed by atoms with Crippen LogP contribution in [0.4, 0.5) is 5.69 Å². The third-order valence-corrected chi connectivity index (χ3v) is 6.23. The molecule has 7 nitrogen and oxygen atoms in total. The number of aliphatic hydroxyl groups excluding tert-OH is 1. The van der Waals surface area contributed by atoms with Gasteiger partial charge in [0.25, 0.3) is 11.7 Å². The lowest BCUT2D eigenvalue weighted by atomic mass is 9.84. The summed E-state index contributed by atoms with van der Waals surface area (Å²) in [5.74, 6) is -0.580. The second-order valence-electron chi connectivity index (χ2n) is 9.54. The molecule has 1 fully saturated rings. The molecule has 2 heterocycles. The number of methoxy groups -OCH3 is 2. The maximum Gasteiger partial charge on any atom is 0.300 e. The molecule has 0 saturated carbocycles. The Bertz CT molecular complexity index is 1290. The summed E-state index contributed by atoms with van der Waals surface area (Å²) in [7, 11) is 3.00. The van der Waals surface area contributed by atoms with E-state index in [0.29, 0.717) is 28.5 Å². The minimum Gasteiger partial charge on any atom is -0.507 e. The zero-order valence-electron chi connectivity index (χ0n) is 20.7. The molecule has 1 unspecified atom stereocenters. The van der Waals surface area contributed by atoms with Crippen LogP contribution in [0.25, 0.3) is 5.76 Å². The number of anilines is 1. The SMILES string of the molecule is COc1cc(OC)cc(N2C(=O)C(=O)/C(=C(/O)c3cc(C(C)(C)C)ccc3C)C2c2ccco2)c1. The number of hydrogen-bond donors (Lipinski definition) is 1. The Morgan fingerprint density at radius 3 is 2.20 bits per heavy atom. The van der Waals surface area contributed by atoms with E-state index in [0.717, 1.165) is 11.1 Å². The molecule has 0 bridgehead atoms. The molecule has 4 rings (SSSR count). The van der Waals surface area contributed by atoms with Gasteiger partial charge in [-0.25, -0.2) is 0 Å². The fourth-order valence-corrected chi connectivity index (χ4v) is 4.24. The van der Waals surface area contributed by atoms with Crippen LogP contribution in [0.5, 0.6) is 11.5 Å². The van der Waals surface area contributed by atoms with E-state index in [2.05, 4.69) is 20.8 Å². The normalized spacial score (nSPS) is 17.7. The van der Waals surface area contributed by atoms with E-state index in [4.69, 9.17) is 13.9 Å². The van der Waals surface area contributed by atoms with Crippen LogP contribution in [0.2, 0.25) is 0 Å². The lowest BCUT2D eigenvalue weighted by molar-refractivity contribution is -0.132. The van der Waals surface area contributed by atoms with Crippen molar-refractivity contribution in [1.29, 1.82) is 0 Å². The Hall–Kier alpha value is -4.00. The number of amides is 1. The number of furan rings is 1. The Morgan fingerprint density at radius 2 is 1.66 bits per heavy atom. The van der Waals surface area contributed by atoms with E-state index in [1.165, 1.54) is 25.4 Å². The highest BCUT2D eigenvalue weighted by Gasteiger charge is 2.48. The molecule has 1 saturated heterocycles. The molecule has 7 heteroatoms. The zero-order valence-corrected chi connectivity index (χ0v) is 20.7. The van der Waals surface area contributed by atoms with Crippen LogP contribution in [-0.4, -0.2) is 31.0 Å². The molecule has 0 aliphatic carbocycles. The third kappa shape index (κ3) is 4.30. The van der Waals surface area contributed by atoms with E-state index in [1.807, 2.05) is 25.1 Å². The topological polar surface area (TPSA) is 89.2 Å². The van der Waals surface area contributed by atoms with Crippen molar-refractivity contribution in [2.24, 2.45) is 0 Å². The van der Waals surface area contributed by atoms with Crippen LogP contribution < -0.4 is 14.4 Å². The van der Waals surface area contributed by atoms with Gasteiger partial charge in [0.15, 0.2) is 0 Å². The fraction of sp³-hybridized carbons (Fsp3) is 0.286. The number of rotatable bonds is 5. The molecule has 1 amide bonds. The second kappa shape index (κ2) is 8.98. The minimum atomic E-state index is -0.973. The molecule has 3 aromatic rings. The molecule has 1 aliphatic heterocycles. The highest BCUT2D eigenvalue weighted by molar-refractivity contribution is 6.51. The standard InChI is InChI=1S/C28H29NO6/c1-16-9-10-17(28(2,3)4)12-21(16)25(30)23-24(22-8-7-11-35-22)29(27(32)26(23)31)18-13-19(33-5)15-20(14-18)34-6/h7-15,24,30H,1-6H3/b25-23+. The van der Waals surface area contributed by atoms with Gasteiger partial charge in [-0.3, -0.25) is 14.5 Å². The summed E-state index contributed by atoms with van der Waals surface area (Å²) in [6, 6.07) is 13.1. The summed E-state index contributed by atoms with van der Waals surface area (Å²) in [5, 5.41) is 11.5. The van der Waals surface area contributed by atoms with E-state index < -0.39 is 17.7 Å². The summed E-state index contributed by atoms with van der Waals surface area (Å²) in [5.41, 5.74) is 2.43. The molecular weight excluding hydrogens is 446 g/mol. The number of aliphatic hydroxyl groups is 1. The molecule has 35 heavy (non-hydrogen) atoms. The van der Waals surface area contributed by atoms with Crippen molar-refractivity contribution in [3.05, 3.63) is 82.8 Å². The van der Waals surface area contributed by atoms with Crippen molar-refractivity contribution >= 4 is 23.1 Å². The molecule has 0 spiro atoms. The van der Waals surface area contributed by atoms with E-state index in [-0.39, 0.29) is 16.7 Å². The summed E-state index contributed by atoms with van der Waals surface area (Å²) in [6.45, 7) is 8.06. The van der Waals surface area contributed by atoms with Crippen molar-refractivity contribution in [1.82, 2.24) is 0 Å². The molecule has 1 atom stereocenters. The number of carbonyl (C=O) groups is 2. The Morgan fingerprint density at radius 1 is 1.00 bits per heavy atom. The van der Waals surface area contributed by atoms with Gasteiger partial charge < -0.3 is 19.0 Å². The average Bonchev–Trinajstić information content (AvgIpc) is 3.44. The molecule has 2 aromatic carbocycles. The van der Waals surface area contributed by atoms with Crippen LogP contribution in [0, 0.1) is 6.92 Å². The van der Waals surface area contributed by atoms with Gasteiger partial charge >= 0.3 is 0 Å². The number of nitrogens with zero attached hydrogens (tertiary/aromatic N) is 1. The maximum atomic E-state index is 13.4. The molecule has 1 aliphatic rings.